The lowest BCUT2D eigenvalue weighted by Gasteiger charge is -2.18. The highest BCUT2D eigenvalue weighted by Crippen LogP contribution is 2.27. The van der Waals surface area contributed by atoms with Crippen molar-refractivity contribution in [3.8, 4) is 11.4 Å². The van der Waals surface area contributed by atoms with E-state index < -0.39 is 0 Å². The molecule has 0 fully saturated rings. The molecule has 0 unspecified atom stereocenters. The third-order valence-electron chi connectivity index (χ3n) is 2.47. The van der Waals surface area contributed by atoms with Crippen LogP contribution in [0.25, 0.3) is 11.4 Å². The van der Waals surface area contributed by atoms with Crippen molar-refractivity contribution in [3.63, 3.8) is 0 Å². The van der Waals surface area contributed by atoms with Gasteiger partial charge in [-0.25, -0.2) is 4.68 Å². The summed E-state index contributed by atoms with van der Waals surface area (Å²) >= 11 is 0. The van der Waals surface area contributed by atoms with E-state index in [4.69, 9.17) is 11.5 Å². The van der Waals surface area contributed by atoms with Crippen LogP contribution in [0.1, 0.15) is 20.8 Å². The van der Waals surface area contributed by atoms with Gasteiger partial charge in [-0.3, -0.25) is 0 Å². The molecule has 0 saturated heterocycles. The van der Waals surface area contributed by atoms with Gasteiger partial charge < -0.3 is 11.5 Å². The van der Waals surface area contributed by atoms with E-state index in [1.165, 1.54) is 0 Å². The highest BCUT2D eigenvalue weighted by atomic mass is 15.5. The number of tetrazole rings is 1. The van der Waals surface area contributed by atoms with Crippen molar-refractivity contribution in [1.29, 1.82) is 0 Å². The lowest BCUT2D eigenvalue weighted by Crippen LogP contribution is -2.17. The number of hydrogen-bond donors (Lipinski definition) is 2. The van der Waals surface area contributed by atoms with Crippen molar-refractivity contribution in [1.82, 2.24) is 20.2 Å². The van der Waals surface area contributed by atoms with Crippen molar-refractivity contribution in [2.75, 3.05) is 11.5 Å². The second-order valence-corrected chi connectivity index (χ2v) is 5.57. The zero-order valence-corrected chi connectivity index (χ0v) is 10.9. The third-order valence-corrected chi connectivity index (χ3v) is 2.47. The van der Waals surface area contributed by atoms with Crippen molar-refractivity contribution in [2.45, 2.75) is 27.3 Å². The second-order valence-electron chi connectivity index (χ2n) is 5.57. The molecular weight excluding hydrogens is 228 g/mol. The minimum absolute atomic E-state index is 0.0900. The van der Waals surface area contributed by atoms with Crippen molar-refractivity contribution >= 4 is 11.4 Å². The summed E-state index contributed by atoms with van der Waals surface area (Å²) in [5.41, 5.74) is 13.7. The van der Waals surface area contributed by atoms with E-state index in [2.05, 4.69) is 36.3 Å². The summed E-state index contributed by atoms with van der Waals surface area (Å²) in [5, 5.41) is 11.8. The fourth-order valence-electron chi connectivity index (χ4n) is 1.74. The molecule has 96 valence electrons. The minimum atomic E-state index is 0.0900. The maximum Gasteiger partial charge on any atom is 0.184 e. The Morgan fingerprint density at radius 3 is 2.56 bits per heavy atom. The van der Waals surface area contributed by atoms with Crippen LogP contribution in [0.5, 0.6) is 0 Å². The van der Waals surface area contributed by atoms with Crippen LogP contribution in [0, 0.1) is 5.41 Å². The number of benzene rings is 1. The fraction of sp³-hybridized carbons (Fsp3) is 0.417. The first-order chi connectivity index (χ1) is 8.37. The molecule has 0 bridgehead atoms. The van der Waals surface area contributed by atoms with Crippen LogP contribution in [-0.2, 0) is 6.54 Å². The molecule has 6 heteroatoms. The average molecular weight is 246 g/mol. The molecular formula is C12H18N6. The summed E-state index contributed by atoms with van der Waals surface area (Å²) in [6.45, 7) is 7.11. The normalized spacial score (nSPS) is 11.7. The summed E-state index contributed by atoms with van der Waals surface area (Å²) in [5.74, 6) is 0.669. The molecule has 0 atom stereocenters. The predicted molar refractivity (Wildman–Crippen MR) is 71.5 cm³/mol. The standard InChI is InChI=1S/C12H18N6/c1-12(2,3)7-18-11(15-16-17-18)9-5-4-8(13)6-10(9)14/h4-6H,7,13-14H2,1-3H3. The smallest absolute Gasteiger partial charge is 0.184 e. The summed E-state index contributed by atoms with van der Waals surface area (Å²) in [6, 6.07) is 5.35. The largest absolute Gasteiger partial charge is 0.399 e. The SMILES string of the molecule is CC(C)(C)Cn1nnnc1-c1ccc(N)cc1N. The Bertz CT molecular complexity index is 552. The molecule has 4 N–H and O–H groups in total. The Labute approximate surface area is 106 Å². The van der Waals surface area contributed by atoms with E-state index in [9.17, 15) is 0 Å². The van der Waals surface area contributed by atoms with Gasteiger partial charge in [-0.1, -0.05) is 20.8 Å². The molecule has 0 aliphatic carbocycles. The Balaban J connectivity index is 2.42. The average Bonchev–Trinajstić information content (AvgIpc) is 2.63. The number of rotatable bonds is 2. The molecule has 0 amide bonds. The van der Waals surface area contributed by atoms with Crippen LogP contribution in [0.2, 0.25) is 0 Å². The van der Waals surface area contributed by atoms with E-state index in [0.717, 1.165) is 12.1 Å². The van der Waals surface area contributed by atoms with E-state index in [1.54, 1.807) is 16.8 Å². The molecule has 2 rings (SSSR count). The lowest BCUT2D eigenvalue weighted by molar-refractivity contribution is 0.323. The van der Waals surface area contributed by atoms with Gasteiger partial charge in [0, 0.05) is 23.5 Å². The third kappa shape index (κ3) is 2.58. The zero-order chi connectivity index (χ0) is 13.3. The Hall–Kier alpha value is -2.11. The van der Waals surface area contributed by atoms with Gasteiger partial charge in [0.2, 0.25) is 0 Å². The maximum atomic E-state index is 5.96. The Morgan fingerprint density at radius 2 is 1.94 bits per heavy atom. The molecule has 0 radical (unpaired) electrons. The van der Waals surface area contributed by atoms with E-state index >= 15 is 0 Å². The predicted octanol–water partition coefficient (Wildman–Crippen LogP) is 1.55. The quantitative estimate of drug-likeness (QED) is 0.784. The molecule has 0 aliphatic heterocycles. The maximum absolute atomic E-state index is 5.96. The van der Waals surface area contributed by atoms with Gasteiger partial charge in [-0.15, -0.1) is 5.10 Å². The van der Waals surface area contributed by atoms with Crippen LogP contribution < -0.4 is 11.5 Å². The fourth-order valence-corrected chi connectivity index (χ4v) is 1.74. The lowest BCUT2D eigenvalue weighted by atomic mass is 9.97. The number of aromatic nitrogens is 4. The van der Waals surface area contributed by atoms with Crippen molar-refractivity contribution in [3.05, 3.63) is 18.2 Å². The molecule has 18 heavy (non-hydrogen) atoms. The van der Waals surface area contributed by atoms with E-state index in [0.29, 0.717) is 17.2 Å². The van der Waals surface area contributed by atoms with Crippen LogP contribution in [0.4, 0.5) is 11.4 Å². The molecule has 1 heterocycles. The van der Waals surface area contributed by atoms with Crippen molar-refractivity contribution in [2.24, 2.45) is 5.41 Å². The van der Waals surface area contributed by atoms with Gasteiger partial charge >= 0.3 is 0 Å². The van der Waals surface area contributed by atoms with Gasteiger partial charge in [-0.05, 0) is 34.0 Å². The van der Waals surface area contributed by atoms with Crippen molar-refractivity contribution < 1.29 is 0 Å². The first kappa shape index (κ1) is 12.3. The number of nitrogen functional groups attached to an aromatic ring is 2. The van der Waals surface area contributed by atoms with Crippen LogP contribution in [0.3, 0.4) is 0 Å². The summed E-state index contributed by atoms with van der Waals surface area (Å²) in [4.78, 5) is 0. The molecule has 1 aromatic heterocycles. The van der Waals surface area contributed by atoms with Gasteiger partial charge in [0.05, 0.1) is 0 Å². The number of nitrogens with zero attached hydrogens (tertiary/aromatic N) is 4. The minimum Gasteiger partial charge on any atom is -0.399 e. The molecule has 2 aromatic rings. The number of nitrogens with two attached hydrogens (primary N) is 2. The first-order valence-electron chi connectivity index (χ1n) is 5.78. The Kier molecular flexibility index (Phi) is 2.94. The molecule has 0 spiro atoms. The highest BCUT2D eigenvalue weighted by molar-refractivity contribution is 5.74. The summed E-state index contributed by atoms with van der Waals surface area (Å²) in [7, 11) is 0. The molecule has 1 aromatic carbocycles. The van der Waals surface area contributed by atoms with E-state index in [1.807, 2.05) is 6.07 Å². The number of hydrogen-bond acceptors (Lipinski definition) is 5. The van der Waals surface area contributed by atoms with Crippen LogP contribution >= 0.6 is 0 Å². The molecule has 6 nitrogen and oxygen atoms in total. The monoisotopic (exact) mass is 246 g/mol. The topological polar surface area (TPSA) is 95.6 Å². The summed E-state index contributed by atoms with van der Waals surface area (Å²) < 4.78 is 1.77. The first-order valence-corrected chi connectivity index (χ1v) is 5.78. The van der Waals surface area contributed by atoms with Gasteiger partial charge in [0.15, 0.2) is 5.82 Å². The van der Waals surface area contributed by atoms with Crippen LogP contribution in [0.15, 0.2) is 18.2 Å². The summed E-state index contributed by atoms with van der Waals surface area (Å²) in [6.07, 6.45) is 0. The van der Waals surface area contributed by atoms with E-state index in [-0.39, 0.29) is 5.41 Å². The Morgan fingerprint density at radius 1 is 1.22 bits per heavy atom. The highest BCUT2D eigenvalue weighted by Gasteiger charge is 2.18. The number of anilines is 2. The molecule has 0 aliphatic rings. The van der Waals surface area contributed by atoms with Crippen LogP contribution in [-0.4, -0.2) is 20.2 Å². The van der Waals surface area contributed by atoms with Gasteiger partial charge in [-0.2, -0.15) is 0 Å². The van der Waals surface area contributed by atoms with Gasteiger partial charge in [0.1, 0.15) is 0 Å². The van der Waals surface area contributed by atoms with Gasteiger partial charge in [0.25, 0.3) is 0 Å². The second kappa shape index (κ2) is 4.29. The zero-order valence-electron chi connectivity index (χ0n) is 10.9. The molecule has 0 saturated carbocycles.